The summed E-state index contributed by atoms with van der Waals surface area (Å²) in [7, 11) is -3.75. The number of aryl methyl sites for hydroxylation is 2. The molecule has 3 aromatic carbocycles. The van der Waals surface area contributed by atoms with Crippen molar-refractivity contribution in [1.29, 1.82) is 0 Å². The smallest absolute Gasteiger partial charge is 0.265 e. The monoisotopic (exact) mass is 438 g/mol. The number of carbonyl (C=O) groups is 1. The molecule has 3 aromatic rings. The number of nitrogens with one attached hydrogen (secondary N) is 2. The van der Waals surface area contributed by atoms with Gasteiger partial charge in [-0.25, -0.2) is 8.42 Å². The first-order valence-corrected chi connectivity index (χ1v) is 11.5. The van der Waals surface area contributed by atoms with Crippen LogP contribution in [0.5, 0.6) is 5.75 Å². The average molecular weight is 439 g/mol. The molecule has 6 nitrogen and oxygen atoms in total. The molecule has 0 aliphatic carbocycles. The van der Waals surface area contributed by atoms with Crippen molar-refractivity contribution in [2.45, 2.75) is 38.2 Å². The molecule has 0 aliphatic heterocycles. The second kappa shape index (κ2) is 9.66. The zero-order valence-corrected chi connectivity index (χ0v) is 18.6. The van der Waals surface area contributed by atoms with E-state index in [1.54, 1.807) is 24.3 Å². The van der Waals surface area contributed by atoms with Gasteiger partial charge in [-0.2, -0.15) is 0 Å². The van der Waals surface area contributed by atoms with Crippen molar-refractivity contribution in [2.24, 2.45) is 0 Å². The van der Waals surface area contributed by atoms with Crippen LogP contribution in [0.2, 0.25) is 0 Å². The number of hydrogen-bond donors (Lipinski definition) is 2. The van der Waals surface area contributed by atoms with E-state index in [9.17, 15) is 13.2 Å². The molecule has 0 saturated carbocycles. The zero-order chi connectivity index (χ0) is 22.4. The SMILES string of the molecule is CC[C@@H](Oc1ccccc1)C(=O)Nc1ccc(S(=O)(=O)Nc2c(C)cccc2C)cc1. The summed E-state index contributed by atoms with van der Waals surface area (Å²) in [5.41, 5.74) is 2.75. The quantitative estimate of drug-likeness (QED) is 0.524. The number of anilines is 2. The molecular formula is C24H26N2O4S. The number of ether oxygens (including phenoxy) is 1. The minimum atomic E-state index is -3.75. The van der Waals surface area contributed by atoms with Crippen molar-refractivity contribution in [2.75, 3.05) is 10.0 Å². The molecule has 0 fully saturated rings. The number of sulfonamides is 1. The van der Waals surface area contributed by atoms with Crippen molar-refractivity contribution < 1.29 is 17.9 Å². The van der Waals surface area contributed by atoms with Crippen molar-refractivity contribution in [3.8, 4) is 5.75 Å². The molecule has 0 unspecified atom stereocenters. The van der Waals surface area contributed by atoms with Gasteiger partial charge in [-0.1, -0.05) is 43.3 Å². The lowest BCUT2D eigenvalue weighted by Gasteiger charge is -2.17. The van der Waals surface area contributed by atoms with E-state index < -0.39 is 16.1 Å². The van der Waals surface area contributed by atoms with Gasteiger partial charge in [0.15, 0.2) is 6.10 Å². The lowest BCUT2D eigenvalue weighted by molar-refractivity contribution is -0.122. The Morgan fingerprint density at radius 3 is 2.10 bits per heavy atom. The molecular weight excluding hydrogens is 412 g/mol. The summed E-state index contributed by atoms with van der Waals surface area (Å²) in [6.45, 7) is 5.57. The van der Waals surface area contributed by atoms with Crippen molar-refractivity contribution in [3.05, 3.63) is 83.9 Å². The number of benzene rings is 3. The largest absolute Gasteiger partial charge is 0.481 e. The van der Waals surface area contributed by atoms with Crippen LogP contribution in [-0.4, -0.2) is 20.4 Å². The highest BCUT2D eigenvalue weighted by atomic mass is 32.2. The fourth-order valence-electron chi connectivity index (χ4n) is 3.09. The topological polar surface area (TPSA) is 84.5 Å². The third kappa shape index (κ3) is 5.64. The summed E-state index contributed by atoms with van der Waals surface area (Å²) < 4.78 is 34.0. The molecule has 1 atom stereocenters. The van der Waals surface area contributed by atoms with Crippen LogP contribution in [0, 0.1) is 13.8 Å². The van der Waals surface area contributed by atoms with E-state index in [1.165, 1.54) is 12.1 Å². The first-order chi connectivity index (χ1) is 14.8. The summed E-state index contributed by atoms with van der Waals surface area (Å²) in [6.07, 6.45) is -0.163. The average Bonchev–Trinajstić information content (AvgIpc) is 2.76. The maximum atomic E-state index is 12.8. The van der Waals surface area contributed by atoms with Crippen molar-refractivity contribution >= 4 is 27.3 Å². The van der Waals surface area contributed by atoms with Gasteiger partial charge in [-0.3, -0.25) is 9.52 Å². The van der Waals surface area contributed by atoms with Gasteiger partial charge in [-0.15, -0.1) is 0 Å². The van der Waals surface area contributed by atoms with Crippen LogP contribution in [0.1, 0.15) is 24.5 Å². The Bertz CT molecular complexity index is 1120. The third-order valence-corrected chi connectivity index (χ3v) is 6.20. The summed E-state index contributed by atoms with van der Waals surface area (Å²) in [6, 6.07) is 20.8. The Kier molecular flexibility index (Phi) is 6.97. The van der Waals surface area contributed by atoms with Crippen LogP contribution in [0.15, 0.2) is 77.7 Å². The molecule has 162 valence electrons. The van der Waals surface area contributed by atoms with Gasteiger partial charge in [0.2, 0.25) is 0 Å². The van der Waals surface area contributed by atoms with Gasteiger partial charge < -0.3 is 10.1 Å². The van der Waals surface area contributed by atoms with Crippen LogP contribution in [-0.2, 0) is 14.8 Å². The first kappa shape index (κ1) is 22.4. The Balaban J connectivity index is 1.69. The van der Waals surface area contributed by atoms with Crippen LogP contribution >= 0.6 is 0 Å². The van der Waals surface area contributed by atoms with Crippen LogP contribution in [0.25, 0.3) is 0 Å². The predicted octanol–water partition coefficient (Wildman–Crippen LogP) is 4.90. The van der Waals surface area contributed by atoms with Crippen molar-refractivity contribution in [1.82, 2.24) is 0 Å². The van der Waals surface area contributed by atoms with E-state index in [-0.39, 0.29) is 10.8 Å². The predicted molar refractivity (Wildman–Crippen MR) is 123 cm³/mol. The molecule has 31 heavy (non-hydrogen) atoms. The van der Waals surface area contributed by atoms with E-state index in [0.29, 0.717) is 23.5 Å². The number of amides is 1. The highest BCUT2D eigenvalue weighted by molar-refractivity contribution is 7.92. The maximum absolute atomic E-state index is 12.8. The van der Waals surface area contributed by atoms with E-state index in [1.807, 2.05) is 57.2 Å². The van der Waals surface area contributed by atoms with Crippen LogP contribution < -0.4 is 14.8 Å². The standard InChI is InChI=1S/C24H26N2O4S/c1-4-22(30-20-11-6-5-7-12-20)24(27)25-19-13-15-21(16-14-19)31(28,29)26-23-17(2)9-8-10-18(23)3/h5-16,22,26H,4H2,1-3H3,(H,25,27)/t22-/m1/s1. The van der Waals surface area contributed by atoms with Crippen LogP contribution in [0.3, 0.4) is 0 Å². The molecule has 0 spiro atoms. The lowest BCUT2D eigenvalue weighted by atomic mass is 10.1. The normalized spacial score (nSPS) is 12.1. The summed E-state index contributed by atoms with van der Waals surface area (Å²) in [5, 5.41) is 2.78. The minimum Gasteiger partial charge on any atom is -0.481 e. The number of rotatable bonds is 8. The maximum Gasteiger partial charge on any atom is 0.265 e. The lowest BCUT2D eigenvalue weighted by Crippen LogP contribution is -2.32. The molecule has 0 aromatic heterocycles. The fourth-order valence-corrected chi connectivity index (χ4v) is 4.30. The highest BCUT2D eigenvalue weighted by Gasteiger charge is 2.20. The van der Waals surface area contributed by atoms with Gasteiger partial charge in [0.25, 0.3) is 15.9 Å². The number of carbonyl (C=O) groups excluding carboxylic acids is 1. The second-order valence-electron chi connectivity index (χ2n) is 7.21. The number of para-hydroxylation sites is 2. The highest BCUT2D eigenvalue weighted by Crippen LogP contribution is 2.24. The van der Waals surface area contributed by atoms with Gasteiger partial charge in [-0.05, 0) is 67.8 Å². The first-order valence-electron chi connectivity index (χ1n) is 10.0. The molecule has 0 radical (unpaired) electrons. The molecule has 1 amide bonds. The van der Waals surface area contributed by atoms with E-state index in [4.69, 9.17) is 4.74 Å². The molecule has 0 aliphatic rings. The molecule has 0 saturated heterocycles. The molecule has 7 heteroatoms. The minimum absolute atomic E-state index is 0.112. The van der Waals surface area contributed by atoms with Crippen molar-refractivity contribution in [3.63, 3.8) is 0 Å². The van der Waals surface area contributed by atoms with Gasteiger partial charge in [0.1, 0.15) is 5.75 Å². The third-order valence-electron chi connectivity index (χ3n) is 4.83. The molecule has 0 bridgehead atoms. The Hall–Kier alpha value is -3.32. The molecule has 2 N–H and O–H groups in total. The van der Waals surface area contributed by atoms with E-state index in [0.717, 1.165) is 11.1 Å². The second-order valence-corrected chi connectivity index (χ2v) is 8.90. The molecule has 3 rings (SSSR count). The molecule has 0 heterocycles. The fraction of sp³-hybridized carbons (Fsp3) is 0.208. The number of hydrogen-bond acceptors (Lipinski definition) is 4. The Labute approximate surface area is 183 Å². The summed E-state index contributed by atoms with van der Waals surface area (Å²) >= 11 is 0. The zero-order valence-electron chi connectivity index (χ0n) is 17.8. The Morgan fingerprint density at radius 2 is 1.52 bits per heavy atom. The van der Waals surface area contributed by atoms with E-state index in [2.05, 4.69) is 10.0 Å². The summed E-state index contributed by atoms with van der Waals surface area (Å²) in [4.78, 5) is 12.7. The summed E-state index contributed by atoms with van der Waals surface area (Å²) in [5.74, 6) is 0.319. The Morgan fingerprint density at radius 1 is 0.903 bits per heavy atom. The van der Waals surface area contributed by atoms with Gasteiger partial charge in [0, 0.05) is 5.69 Å². The van der Waals surface area contributed by atoms with Gasteiger partial charge >= 0.3 is 0 Å². The van der Waals surface area contributed by atoms with E-state index >= 15 is 0 Å². The van der Waals surface area contributed by atoms with Crippen LogP contribution in [0.4, 0.5) is 11.4 Å². The van der Waals surface area contributed by atoms with Gasteiger partial charge in [0.05, 0.1) is 10.6 Å².